The van der Waals surface area contributed by atoms with E-state index in [2.05, 4.69) is 20.3 Å². The molecule has 0 amide bonds. The second-order valence-corrected chi connectivity index (χ2v) is 6.38. The van der Waals surface area contributed by atoms with Crippen LogP contribution in [-0.2, 0) is 6.18 Å². The lowest BCUT2D eigenvalue weighted by Gasteiger charge is -2.13. The molecule has 0 radical (unpaired) electrons. The van der Waals surface area contributed by atoms with E-state index in [9.17, 15) is 13.2 Å². The number of imidazole rings is 1. The standard InChI is InChI=1S/C20H16F3N5/c1-12-13(2)28(11-26-12)15-6-3-5-14(9-15)27-19-16-7-4-8-17(20(21,22)23)18(16)24-10-25-19/h3-11H,1-2H3,(H,24,25,27). The van der Waals surface area contributed by atoms with E-state index in [0.29, 0.717) is 16.9 Å². The van der Waals surface area contributed by atoms with E-state index in [-0.39, 0.29) is 5.52 Å². The van der Waals surface area contributed by atoms with Gasteiger partial charge in [0.1, 0.15) is 12.1 Å². The number of fused-ring (bicyclic) bond motifs is 1. The molecule has 4 aromatic rings. The first kappa shape index (κ1) is 18.0. The van der Waals surface area contributed by atoms with Gasteiger partial charge >= 0.3 is 6.18 Å². The van der Waals surface area contributed by atoms with Gasteiger partial charge in [0.25, 0.3) is 0 Å². The summed E-state index contributed by atoms with van der Waals surface area (Å²) in [6, 6.07) is 11.4. The summed E-state index contributed by atoms with van der Waals surface area (Å²) in [7, 11) is 0. The lowest BCUT2D eigenvalue weighted by molar-refractivity contribution is -0.136. The molecule has 0 saturated heterocycles. The Morgan fingerprint density at radius 1 is 0.964 bits per heavy atom. The van der Waals surface area contributed by atoms with Crippen molar-refractivity contribution in [2.45, 2.75) is 20.0 Å². The lowest BCUT2D eigenvalue weighted by atomic mass is 10.1. The molecule has 2 aromatic carbocycles. The van der Waals surface area contributed by atoms with Crippen molar-refractivity contribution in [3.8, 4) is 5.69 Å². The average Bonchev–Trinajstić information content (AvgIpc) is 3.00. The van der Waals surface area contributed by atoms with Crippen molar-refractivity contribution in [3.05, 3.63) is 72.1 Å². The summed E-state index contributed by atoms with van der Waals surface area (Å²) in [5.74, 6) is 0.312. The molecule has 2 aromatic heterocycles. The summed E-state index contributed by atoms with van der Waals surface area (Å²) in [4.78, 5) is 12.3. The maximum Gasteiger partial charge on any atom is 0.418 e. The number of rotatable bonds is 3. The molecule has 0 unspecified atom stereocenters. The Hall–Kier alpha value is -3.42. The normalized spacial score (nSPS) is 11.8. The van der Waals surface area contributed by atoms with Gasteiger partial charge in [0, 0.05) is 22.5 Å². The van der Waals surface area contributed by atoms with Crippen LogP contribution in [0.3, 0.4) is 0 Å². The number of anilines is 2. The second-order valence-electron chi connectivity index (χ2n) is 6.38. The van der Waals surface area contributed by atoms with Gasteiger partial charge < -0.3 is 9.88 Å². The first-order valence-corrected chi connectivity index (χ1v) is 8.53. The topological polar surface area (TPSA) is 55.6 Å². The molecular formula is C20H16F3N5. The van der Waals surface area contributed by atoms with Gasteiger partial charge in [-0.05, 0) is 44.2 Å². The van der Waals surface area contributed by atoms with Crippen LogP contribution < -0.4 is 5.32 Å². The van der Waals surface area contributed by atoms with Crippen LogP contribution in [0, 0.1) is 13.8 Å². The van der Waals surface area contributed by atoms with Crippen LogP contribution in [0.1, 0.15) is 17.0 Å². The quantitative estimate of drug-likeness (QED) is 0.529. The van der Waals surface area contributed by atoms with Crippen LogP contribution >= 0.6 is 0 Å². The monoisotopic (exact) mass is 383 g/mol. The highest BCUT2D eigenvalue weighted by Crippen LogP contribution is 2.35. The van der Waals surface area contributed by atoms with E-state index in [0.717, 1.165) is 29.5 Å². The van der Waals surface area contributed by atoms with Crippen molar-refractivity contribution in [3.63, 3.8) is 0 Å². The zero-order valence-electron chi connectivity index (χ0n) is 15.1. The summed E-state index contributed by atoms with van der Waals surface area (Å²) in [5.41, 5.74) is 2.61. The smallest absolute Gasteiger partial charge is 0.340 e. The number of nitrogens with one attached hydrogen (secondary N) is 1. The SMILES string of the molecule is Cc1ncn(-c2cccc(Nc3ncnc4c(C(F)(F)F)cccc34)c2)c1C. The Balaban J connectivity index is 1.75. The molecule has 8 heteroatoms. The van der Waals surface area contributed by atoms with Crippen molar-refractivity contribution in [2.24, 2.45) is 0 Å². The minimum absolute atomic E-state index is 0.135. The number of aromatic nitrogens is 4. The number of nitrogens with zero attached hydrogens (tertiary/aromatic N) is 4. The molecule has 0 aliphatic carbocycles. The van der Waals surface area contributed by atoms with Gasteiger partial charge in [0.15, 0.2) is 0 Å². The molecule has 1 N–H and O–H groups in total. The Labute approximate surface area is 158 Å². The number of halogens is 3. The third-order valence-corrected chi connectivity index (χ3v) is 4.61. The molecule has 142 valence electrons. The third kappa shape index (κ3) is 3.17. The zero-order chi connectivity index (χ0) is 19.9. The molecule has 0 fully saturated rings. The molecule has 0 aliphatic rings. The van der Waals surface area contributed by atoms with Crippen LogP contribution in [0.5, 0.6) is 0 Å². The summed E-state index contributed by atoms with van der Waals surface area (Å²) >= 11 is 0. The van der Waals surface area contributed by atoms with Crippen molar-refractivity contribution >= 4 is 22.4 Å². The number of aryl methyl sites for hydroxylation is 1. The van der Waals surface area contributed by atoms with E-state index < -0.39 is 11.7 Å². The first-order chi connectivity index (χ1) is 13.3. The number of benzene rings is 2. The van der Waals surface area contributed by atoms with E-state index >= 15 is 0 Å². The summed E-state index contributed by atoms with van der Waals surface area (Å²) < 4.78 is 41.7. The highest BCUT2D eigenvalue weighted by atomic mass is 19.4. The summed E-state index contributed by atoms with van der Waals surface area (Å²) in [5, 5.41) is 3.41. The minimum Gasteiger partial charge on any atom is -0.340 e. The van der Waals surface area contributed by atoms with Gasteiger partial charge in [-0.15, -0.1) is 0 Å². The number of alkyl halides is 3. The van der Waals surface area contributed by atoms with Gasteiger partial charge in [-0.2, -0.15) is 13.2 Å². The molecule has 0 atom stereocenters. The Bertz CT molecular complexity index is 1160. The van der Waals surface area contributed by atoms with Crippen LogP contribution in [0.15, 0.2) is 55.1 Å². The van der Waals surface area contributed by atoms with Gasteiger partial charge in [0.05, 0.1) is 23.1 Å². The van der Waals surface area contributed by atoms with Crippen LogP contribution in [0.4, 0.5) is 24.7 Å². The van der Waals surface area contributed by atoms with Gasteiger partial charge in [-0.25, -0.2) is 15.0 Å². The molecular weight excluding hydrogens is 367 g/mol. The molecule has 4 rings (SSSR count). The van der Waals surface area contributed by atoms with Crippen molar-refractivity contribution in [2.75, 3.05) is 5.32 Å². The number of hydrogen-bond acceptors (Lipinski definition) is 4. The third-order valence-electron chi connectivity index (χ3n) is 4.61. The number of hydrogen-bond donors (Lipinski definition) is 1. The molecule has 0 aliphatic heterocycles. The van der Waals surface area contributed by atoms with Crippen molar-refractivity contribution in [1.29, 1.82) is 0 Å². The van der Waals surface area contributed by atoms with Crippen LogP contribution in [-0.4, -0.2) is 19.5 Å². The fraction of sp³-hybridized carbons (Fsp3) is 0.150. The molecule has 0 saturated carbocycles. The lowest BCUT2D eigenvalue weighted by Crippen LogP contribution is -2.07. The Morgan fingerprint density at radius 3 is 2.46 bits per heavy atom. The first-order valence-electron chi connectivity index (χ1n) is 8.53. The van der Waals surface area contributed by atoms with Crippen molar-refractivity contribution < 1.29 is 13.2 Å². The van der Waals surface area contributed by atoms with Crippen molar-refractivity contribution in [1.82, 2.24) is 19.5 Å². The largest absolute Gasteiger partial charge is 0.418 e. The predicted octanol–water partition coefficient (Wildman–Crippen LogP) is 5.19. The maximum absolute atomic E-state index is 13.3. The minimum atomic E-state index is -4.48. The Kier molecular flexibility index (Phi) is 4.26. The maximum atomic E-state index is 13.3. The molecule has 2 heterocycles. The molecule has 5 nitrogen and oxygen atoms in total. The van der Waals surface area contributed by atoms with Gasteiger partial charge in [0.2, 0.25) is 0 Å². The van der Waals surface area contributed by atoms with E-state index in [1.807, 2.05) is 42.7 Å². The highest BCUT2D eigenvalue weighted by molar-refractivity contribution is 5.92. The van der Waals surface area contributed by atoms with Crippen LogP contribution in [0.2, 0.25) is 0 Å². The van der Waals surface area contributed by atoms with Crippen LogP contribution in [0.25, 0.3) is 16.6 Å². The number of para-hydroxylation sites is 1. The second kappa shape index (κ2) is 6.63. The van der Waals surface area contributed by atoms with E-state index in [1.165, 1.54) is 6.07 Å². The molecule has 0 spiro atoms. The fourth-order valence-electron chi connectivity index (χ4n) is 3.05. The zero-order valence-corrected chi connectivity index (χ0v) is 15.1. The van der Waals surface area contributed by atoms with Gasteiger partial charge in [-0.3, -0.25) is 0 Å². The summed E-state index contributed by atoms with van der Waals surface area (Å²) in [6.45, 7) is 3.90. The predicted molar refractivity (Wildman–Crippen MR) is 101 cm³/mol. The fourth-order valence-corrected chi connectivity index (χ4v) is 3.05. The Morgan fingerprint density at radius 2 is 1.75 bits per heavy atom. The highest BCUT2D eigenvalue weighted by Gasteiger charge is 2.33. The van der Waals surface area contributed by atoms with Gasteiger partial charge in [-0.1, -0.05) is 12.1 Å². The van der Waals surface area contributed by atoms with E-state index in [4.69, 9.17) is 0 Å². The average molecular weight is 383 g/mol. The molecule has 0 bridgehead atoms. The summed E-state index contributed by atoms with van der Waals surface area (Å²) in [6.07, 6.45) is -1.62. The molecule has 28 heavy (non-hydrogen) atoms. The van der Waals surface area contributed by atoms with E-state index in [1.54, 1.807) is 12.4 Å².